The van der Waals surface area contributed by atoms with Crippen LogP contribution in [0.5, 0.6) is 5.88 Å². The number of hydrogen-bond donors (Lipinski definition) is 0. The van der Waals surface area contributed by atoms with Crippen LogP contribution in [0.3, 0.4) is 0 Å². The predicted molar refractivity (Wildman–Crippen MR) is 105 cm³/mol. The van der Waals surface area contributed by atoms with Gasteiger partial charge in [-0.25, -0.2) is 18.7 Å². The van der Waals surface area contributed by atoms with Gasteiger partial charge in [-0.1, -0.05) is 6.92 Å². The second kappa shape index (κ2) is 8.68. The van der Waals surface area contributed by atoms with Gasteiger partial charge in [-0.3, -0.25) is 4.79 Å². The van der Waals surface area contributed by atoms with E-state index in [-0.39, 0.29) is 18.2 Å². The van der Waals surface area contributed by atoms with Gasteiger partial charge in [0.05, 0.1) is 18.2 Å². The molecule has 5 nitrogen and oxygen atoms in total. The Morgan fingerprint density at radius 1 is 1.29 bits per heavy atom. The molecule has 1 saturated heterocycles. The molecule has 31 heavy (non-hydrogen) atoms. The van der Waals surface area contributed by atoms with Crippen LogP contribution in [0.4, 0.5) is 22.0 Å². The van der Waals surface area contributed by atoms with E-state index in [1.807, 2.05) is 0 Å². The SMILES string of the molecule is Cc1ccc(Br)c(C(=O)N2CC(F)(F)C[C@@H](C)[C@H]2COc2ccc(C(F)(F)F)cn2)n1. The first-order valence-electron chi connectivity index (χ1n) is 9.35. The smallest absolute Gasteiger partial charge is 0.417 e. The Morgan fingerprint density at radius 2 is 2.00 bits per heavy atom. The van der Waals surface area contributed by atoms with E-state index in [4.69, 9.17) is 4.74 Å². The van der Waals surface area contributed by atoms with E-state index in [1.165, 1.54) is 0 Å². The summed E-state index contributed by atoms with van der Waals surface area (Å²) >= 11 is 3.23. The molecule has 2 atom stereocenters. The van der Waals surface area contributed by atoms with Gasteiger partial charge in [0.2, 0.25) is 5.88 Å². The Morgan fingerprint density at radius 3 is 2.61 bits per heavy atom. The number of halogens is 6. The van der Waals surface area contributed by atoms with Crippen molar-refractivity contribution in [2.24, 2.45) is 5.92 Å². The first-order chi connectivity index (χ1) is 14.4. The van der Waals surface area contributed by atoms with Crippen LogP contribution in [0, 0.1) is 12.8 Å². The lowest BCUT2D eigenvalue weighted by atomic mass is 9.88. The molecule has 0 aliphatic carbocycles. The minimum atomic E-state index is -4.54. The highest BCUT2D eigenvalue weighted by Crippen LogP contribution is 2.36. The fourth-order valence-corrected chi connectivity index (χ4v) is 3.84. The monoisotopic (exact) mass is 507 g/mol. The summed E-state index contributed by atoms with van der Waals surface area (Å²) in [4.78, 5) is 21.9. The van der Waals surface area contributed by atoms with Gasteiger partial charge in [0.25, 0.3) is 11.8 Å². The van der Waals surface area contributed by atoms with Crippen molar-refractivity contribution in [1.82, 2.24) is 14.9 Å². The number of aryl methyl sites for hydroxylation is 1. The number of ether oxygens (including phenoxy) is 1. The molecule has 1 aliphatic heterocycles. The number of likely N-dealkylation sites (tertiary alicyclic amines) is 1. The summed E-state index contributed by atoms with van der Waals surface area (Å²) in [6.45, 7) is 2.23. The van der Waals surface area contributed by atoms with Gasteiger partial charge in [-0.15, -0.1) is 0 Å². The molecule has 168 valence electrons. The molecule has 1 fully saturated rings. The lowest BCUT2D eigenvalue weighted by molar-refractivity contribution is -0.137. The van der Waals surface area contributed by atoms with Gasteiger partial charge in [0.1, 0.15) is 12.3 Å². The van der Waals surface area contributed by atoms with E-state index in [1.54, 1.807) is 26.0 Å². The third-order valence-corrected chi connectivity index (χ3v) is 5.63. The van der Waals surface area contributed by atoms with Gasteiger partial charge >= 0.3 is 6.18 Å². The summed E-state index contributed by atoms with van der Waals surface area (Å²) in [6, 6.07) is 4.40. The van der Waals surface area contributed by atoms with Crippen molar-refractivity contribution in [1.29, 1.82) is 0 Å². The average Bonchev–Trinajstić information content (AvgIpc) is 2.67. The largest absolute Gasteiger partial charge is 0.475 e. The number of piperidine rings is 1. The van der Waals surface area contributed by atoms with Crippen molar-refractivity contribution >= 4 is 21.8 Å². The fraction of sp³-hybridized carbons (Fsp3) is 0.450. The number of rotatable bonds is 4. The Hall–Kier alpha value is -2.30. The van der Waals surface area contributed by atoms with Crippen LogP contribution in [-0.4, -0.2) is 45.9 Å². The molecule has 1 aliphatic rings. The van der Waals surface area contributed by atoms with Crippen molar-refractivity contribution in [2.45, 2.75) is 38.4 Å². The Labute approximate surface area is 183 Å². The number of nitrogens with zero attached hydrogens (tertiary/aromatic N) is 3. The minimum absolute atomic E-state index is 0.00237. The number of carbonyl (C=O) groups excluding carboxylic acids is 1. The van der Waals surface area contributed by atoms with Crippen LogP contribution in [0.1, 0.15) is 35.1 Å². The molecular formula is C20H19BrF5N3O2. The molecule has 0 N–H and O–H groups in total. The van der Waals surface area contributed by atoms with Gasteiger partial charge < -0.3 is 9.64 Å². The van der Waals surface area contributed by atoms with Gasteiger partial charge in [0, 0.05) is 28.9 Å². The molecule has 0 radical (unpaired) electrons. The van der Waals surface area contributed by atoms with Crippen LogP contribution >= 0.6 is 15.9 Å². The molecule has 0 saturated carbocycles. The molecule has 3 heterocycles. The molecule has 3 rings (SSSR count). The highest BCUT2D eigenvalue weighted by Gasteiger charge is 2.47. The van der Waals surface area contributed by atoms with Gasteiger partial charge in [-0.2, -0.15) is 13.2 Å². The van der Waals surface area contributed by atoms with E-state index < -0.39 is 48.5 Å². The molecule has 0 spiro atoms. The van der Waals surface area contributed by atoms with Crippen molar-refractivity contribution in [3.8, 4) is 5.88 Å². The molecule has 0 bridgehead atoms. The molecule has 0 unspecified atom stereocenters. The predicted octanol–water partition coefficient (Wildman–Crippen LogP) is 5.13. The van der Waals surface area contributed by atoms with E-state index in [2.05, 4.69) is 25.9 Å². The summed E-state index contributed by atoms with van der Waals surface area (Å²) in [5, 5.41) is 0. The van der Waals surface area contributed by atoms with Crippen molar-refractivity contribution in [3.63, 3.8) is 0 Å². The topological polar surface area (TPSA) is 55.3 Å². The van der Waals surface area contributed by atoms with E-state index in [0.29, 0.717) is 16.4 Å². The summed E-state index contributed by atoms with van der Waals surface area (Å²) in [6.07, 6.45) is -4.36. The summed E-state index contributed by atoms with van der Waals surface area (Å²) in [7, 11) is 0. The Bertz CT molecular complexity index is 953. The molecule has 1 amide bonds. The normalized spacial score (nSPS) is 21.1. The fourth-order valence-electron chi connectivity index (χ4n) is 3.45. The number of hydrogen-bond acceptors (Lipinski definition) is 4. The van der Waals surface area contributed by atoms with E-state index in [9.17, 15) is 26.7 Å². The highest BCUT2D eigenvalue weighted by atomic mass is 79.9. The first-order valence-corrected chi connectivity index (χ1v) is 10.1. The third kappa shape index (κ3) is 5.50. The zero-order valence-corrected chi connectivity index (χ0v) is 18.2. The van der Waals surface area contributed by atoms with E-state index in [0.717, 1.165) is 17.0 Å². The average molecular weight is 508 g/mol. The third-order valence-electron chi connectivity index (χ3n) is 4.99. The zero-order valence-electron chi connectivity index (χ0n) is 16.6. The summed E-state index contributed by atoms with van der Waals surface area (Å²) < 4.78 is 72.4. The standard InChI is InChI=1S/C20H19BrF5N3O2/c1-11-7-19(22,23)10-29(18(30)17-14(21)5-3-12(2)28-17)15(11)9-31-16-6-4-13(8-27-16)20(24,25)26/h3-6,8,11,15H,7,9-10H2,1-2H3/t11-,15-/m1/s1. The van der Waals surface area contributed by atoms with Crippen LogP contribution in [0.25, 0.3) is 0 Å². The van der Waals surface area contributed by atoms with Crippen LogP contribution in [-0.2, 0) is 6.18 Å². The molecule has 2 aromatic heterocycles. The number of amides is 1. The maximum absolute atomic E-state index is 14.3. The van der Waals surface area contributed by atoms with Gasteiger partial charge in [-0.05, 0) is 47.0 Å². The molecular weight excluding hydrogens is 489 g/mol. The Kier molecular flexibility index (Phi) is 6.54. The number of pyridine rings is 2. The second-order valence-electron chi connectivity index (χ2n) is 7.51. The van der Waals surface area contributed by atoms with E-state index >= 15 is 0 Å². The highest BCUT2D eigenvalue weighted by molar-refractivity contribution is 9.10. The van der Waals surface area contributed by atoms with Crippen LogP contribution in [0.2, 0.25) is 0 Å². The Balaban J connectivity index is 1.82. The van der Waals surface area contributed by atoms with Crippen molar-refractivity contribution < 1.29 is 31.5 Å². The summed E-state index contributed by atoms with van der Waals surface area (Å²) in [5.41, 5.74) is -0.384. The van der Waals surface area contributed by atoms with Crippen LogP contribution < -0.4 is 4.74 Å². The minimum Gasteiger partial charge on any atom is -0.475 e. The second-order valence-corrected chi connectivity index (χ2v) is 8.37. The molecule has 2 aromatic rings. The molecule has 11 heteroatoms. The maximum Gasteiger partial charge on any atom is 0.417 e. The van der Waals surface area contributed by atoms with Crippen molar-refractivity contribution in [3.05, 3.63) is 51.9 Å². The maximum atomic E-state index is 14.3. The van der Waals surface area contributed by atoms with Gasteiger partial charge in [0.15, 0.2) is 0 Å². The lowest BCUT2D eigenvalue weighted by Gasteiger charge is -2.43. The number of aromatic nitrogens is 2. The zero-order chi connectivity index (χ0) is 23.0. The first kappa shape index (κ1) is 23.4. The quantitative estimate of drug-likeness (QED) is 0.538. The van der Waals surface area contributed by atoms with Crippen molar-refractivity contribution in [2.75, 3.05) is 13.2 Å². The molecule has 0 aromatic carbocycles. The lowest BCUT2D eigenvalue weighted by Crippen LogP contribution is -2.57. The number of alkyl halides is 5. The number of carbonyl (C=O) groups is 1. The van der Waals surface area contributed by atoms with Crippen LogP contribution in [0.15, 0.2) is 34.9 Å². The summed E-state index contributed by atoms with van der Waals surface area (Å²) in [5.74, 6) is -4.50.